The summed E-state index contributed by atoms with van der Waals surface area (Å²) >= 11 is 0. The zero-order valence-corrected chi connectivity index (χ0v) is 12.8. The molecule has 1 aromatic rings. The summed E-state index contributed by atoms with van der Waals surface area (Å²) in [6, 6.07) is 2.32. The largest absolute Gasteiger partial charge is 0.433 e. The highest BCUT2D eigenvalue weighted by Crippen LogP contribution is 2.37. The number of halogens is 3. The Bertz CT molecular complexity index is 685. The molecule has 0 bridgehead atoms. The minimum absolute atomic E-state index is 0.207. The first-order valence-electron chi connectivity index (χ1n) is 6.96. The minimum Gasteiger partial charge on any atom is -0.251 e. The first kappa shape index (κ1) is 16.7. The Kier molecular flexibility index (Phi) is 4.75. The van der Waals surface area contributed by atoms with Crippen molar-refractivity contribution in [3.05, 3.63) is 29.6 Å². The van der Waals surface area contributed by atoms with Gasteiger partial charge < -0.3 is 0 Å². The summed E-state index contributed by atoms with van der Waals surface area (Å²) in [7, 11) is -2.63. The number of hydrogen-bond donors (Lipinski definition) is 0. The van der Waals surface area contributed by atoms with Crippen LogP contribution in [-0.2, 0) is 15.9 Å². The molecule has 1 aromatic heterocycles. The van der Waals surface area contributed by atoms with Gasteiger partial charge in [-0.05, 0) is 30.9 Å². The molecule has 2 rings (SSSR count). The summed E-state index contributed by atoms with van der Waals surface area (Å²) in [6.07, 6.45) is 0.316. The van der Waals surface area contributed by atoms with Gasteiger partial charge in [0.25, 0.3) is 0 Å². The van der Waals surface area contributed by atoms with Crippen LogP contribution in [0.3, 0.4) is 0 Å². The molecule has 1 aliphatic rings. The van der Waals surface area contributed by atoms with Crippen LogP contribution in [0.1, 0.15) is 43.4 Å². The predicted octanol–water partition coefficient (Wildman–Crippen LogP) is 3.71. The number of aromatic nitrogens is 1. The third-order valence-corrected chi connectivity index (χ3v) is 6.76. The maximum atomic E-state index is 12.7. The van der Waals surface area contributed by atoms with Gasteiger partial charge in [0, 0.05) is 17.9 Å². The van der Waals surface area contributed by atoms with E-state index in [9.17, 15) is 17.4 Å². The first-order valence-corrected chi connectivity index (χ1v) is 8.71. The summed E-state index contributed by atoms with van der Waals surface area (Å²) in [5.74, 6) is 0.164. The molecule has 3 unspecified atom stereocenters. The lowest BCUT2D eigenvalue weighted by Gasteiger charge is -2.23. The highest BCUT2D eigenvalue weighted by Gasteiger charge is 2.37. The Balaban J connectivity index is 2.35. The van der Waals surface area contributed by atoms with Crippen LogP contribution in [0.4, 0.5) is 13.2 Å². The highest BCUT2D eigenvalue weighted by molar-refractivity contribution is 7.94. The molecule has 0 saturated carbocycles. The second-order valence-corrected chi connectivity index (χ2v) is 7.83. The van der Waals surface area contributed by atoms with E-state index in [2.05, 4.69) is 9.35 Å². The monoisotopic (exact) mass is 331 g/mol. The topological polar surface area (TPSA) is 66.1 Å². The molecule has 3 atom stereocenters. The number of hydrogen-bond acceptors (Lipinski definition) is 4. The van der Waals surface area contributed by atoms with Gasteiger partial charge in [-0.1, -0.05) is 13.0 Å². The second kappa shape index (κ2) is 6.24. The lowest BCUT2D eigenvalue weighted by atomic mass is 9.92. The number of nitriles is 1. The summed E-state index contributed by atoms with van der Waals surface area (Å²) in [5.41, 5.74) is -0.330. The molecule has 8 heteroatoms. The van der Waals surface area contributed by atoms with Crippen molar-refractivity contribution in [3.8, 4) is 6.19 Å². The van der Waals surface area contributed by atoms with Crippen LogP contribution >= 0.6 is 0 Å². The Labute approximate surface area is 127 Å². The molecular formula is C14H16F3N3OS. The number of alkyl halides is 3. The van der Waals surface area contributed by atoms with Gasteiger partial charge in [0.1, 0.15) is 5.69 Å². The Hall–Kier alpha value is -1.62. The summed E-state index contributed by atoms with van der Waals surface area (Å²) in [6.45, 7) is 1.88. The maximum Gasteiger partial charge on any atom is 0.433 e. The van der Waals surface area contributed by atoms with Crippen molar-refractivity contribution < 1.29 is 17.4 Å². The van der Waals surface area contributed by atoms with E-state index in [0.29, 0.717) is 30.6 Å². The Morgan fingerprint density at radius 2 is 2.27 bits per heavy atom. The molecule has 0 spiro atoms. The predicted molar refractivity (Wildman–Crippen MR) is 76.3 cm³/mol. The molecule has 1 aliphatic heterocycles. The average Bonchev–Trinajstić information content (AvgIpc) is 2.82. The quantitative estimate of drug-likeness (QED) is 0.793. The molecule has 22 heavy (non-hydrogen) atoms. The Morgan fingerprint density at radius 3 is 2.77 bits per heavy atom. The maximum absolute atomic E-state index is 12.7. The fourth-order valence-corrected chi connectivity index (χ4v) is 5.62. The van der Waals surface area contributed by atoms with E-state index in [4.69, 9.17) is 5.26 Å². The van der Waals surface area contributed by atoms with Gasteiger partial charge in [0.15, 0.2) is 0 Å². The lowest BCUT2D eigenvalue weighted by Crippen LogP contribution is -2.24. The van der Waals surface area contributed by atoms with Crippen LogP contribution in [0.5, 0.6) is 0 Å². The van der Waals surface area contributed by atoms with Crippen LogP contribution in [0.2, 0.25) is 0 Å². The fourth-order valence-electron chi connectivity index (χ4n) is 2.97. The van der Waals surface area contributed by atoms with E-state index in [1.54, 1.807) is 6.19 Å². The molecule has 0 amide bonds. The van der Waals surface area contributed by atoms with Gasteiger partial charge in [-0.2, -0.15) is 18.4 Å². The van der Waals surface area contributed by atoms with E-state index in [1.165, 1.54) is 12.3 Å². The van der Waals surface area contributed by atoms with E-state index in [0.717, 1.165) is 6.07 Å². The van der Waals surface area contributed by atoms with Gasteiger partial charge in [0.2, 0.25) is 6.19 Å². The number of pyridine rings is 1. The molecule has 0 aliphatic carbocycles. The SMILES string of the molecule is CCC(c1ccc(C(F)(F)F)nc1)C1CCCS1(=O)=NC#N. The summed E-state index contributed by atoms with van der Waals surface area (Å²) < 4.78 is 54.1. The zero-order valence-electron chi connectivity index (χ0n) is 12.0. The van der Waals surface area contributed by atoms with Crippen molar-refractivity contribution in [2.24, 2.45) is 4.36 Å². The van der Waals surface area contributed by atoms with Crippen molar-refractivity contribution in [1.82, 2.24) is 4.98 Å². The van der Waals surface area contributed by atoms with Gasteiger partial charge in [-0.3, -0.25) is 4.98 Å². The van der Waals surface area contributed by atoms with Crippen molar-refractivity contribution in [2.75, 3.05) is 5.75 Å². The molecule has 120 valence electrons. The van der Waals surface area contributed by atoms with Crippen molar-refractivity contribution in [1.29, 1.82) is 5.26 Å². The van der Waals surface area contributed by atoms with Crippen LogP contribution in [0, 0.1) is 11.5 Å². The summed E-state index contributed by atoms with van der Waals surface area (Å²) in [5, 5.41) is 8.42. The molecule has 1 fully saturated rings. The number of rotatable bonds is 3. The number of nitrogens with zero attached hydrogens (tertiary/aromatic N) is 3. The first-order chi connectivity index (χ1) is 10.3. The van der Waals surface area contributed by atoms with E-state index in [1.807, 2.05) is 6.92 Å². The third-order valence-electron chi connectivity index (χ3n) is 3.99. The van der Waals surface area contributed by atoms with Gasteiger partial charge >= 0.3 is 6.18 Å². The second-order valence-electron chi connectivity index (χ2n) is 5.26. The van der Waals surface area contributed by atoms with E-state index in [-0.39, 0.29) is 11.2 Å². The van der Waals surface area contributed by atoms with Crippen LogP contribution in [0.15, 0.2) is 22.7 Å². The Morgan fingerprint density at radius 1 is 1.55 bits per heavy atom. The normalized spacial score (nSPS) is 26.4. The van der Waals surface area contributed by atoms with Gasteiger partial charge in [-0.25, -0.2) is 4.21 Å². The van der Waals surface area contributed by atoms with Gasteiger partial charge in [-0.15, -0.1) is 4.36 Å². The molecule has 0 aromatic carbocycles. The van der Waals surface area contributed by atoms with E-state index < -0.39 is 21.6 Å². The smallest absolute Gasteiger partial charge is 0.251 e. The summed E-state index contributed by atoms with van der Waals surface area (Å²) in [4.78, 5) is 3.47. The average molecular weight is 331 g/mol. The van der Waals surface area contributed by atoms with Crippen molar-refractivity contribution >= 4 is 9.73 Å². The molecule has 0 radical (unpaired) electrons. The zero-order chi connectivity index (χ0) is 16.4. The molecular weight excluding hydrogens is 315 g/mol. The van der Waals surface area contributed by atoms with Gasteiger partial charge in [0.05, 0.1) is 15.0 Å². The molecule has 4 nitrogen and oxygen atoms in total. The molecule has 1 saturated heterocycles. The van der Waals surface area contributed by atoms with Crippen LogP contribution in [-0.4, -0.2) is 20.2 Å². The lowest BCUT2D eigenvalue weighted by molar-refractivity contribution is -0.141. The van der Waals surface area contributed by atoms with Crippen LogP contribution in [0.25, 0.3) is 0 Å². The molecule has 2 heterocycles. The van der Waals surface area contributed by atoms with Crippen LogP contribution < -0.4 is 0 Å². The van der Waals surface area contributed by atoms with E-state index >= 15 is 0 Å². The minimum atomic E-state index is -4.47. The standard InChI is InChI=1S/C14H16F3N3OS/c1-2-11(12-4-3-7-22(12,21)20-9-18)10-5-6-13(19-8-10)14(15,16)17/h5-6,8,11-12H,2-4,7H2,1H3. The third kappa shape index (κ3) is 3.24. The fraction of sp³-hybridized carbons (Fsp3) is 0.571. The highest BCUT2D eigenvalue weighted by atomic mass is 32.2. The van der Waals surface area contributed by atoms with Crippen molar-refractivity contribution in [2.45, 2.75) is 43.5 Å². The van der Waals surface area contributed by atoms with Crippen molar-refractivity contribution in [3.63, 3.8) is 0 Å². The molecule has 0 N–H and O–H groups in total.